The van der Waals surface area contributed by atoms with Gasteiger partial charge in [0.2, 0.25) is 10.0 Å². The van der Waals surface area contributed by atoms with E-state index in [0.29, 0.717) is 29.7 Å². The molecule has 1 saturated carbocycles. The van der Waals surface area contributed by atoms with Crippen LogP contribution in [0.4, 0.5) is 0 Å². The standard InChI is InChI=1S/C23H26N4O4S/c28-23(17-7-9-19(10-8-17)31-18-4-1-2-5-18)26-12-14-27(15-13-26)32(29,30)21-16-25-22-20(21)6-3-11-24-22/h3,6-11,16,18H,1-2,4-5,12-15H2,(H,24,25). The Hall–Kier alpha value is -2.91. The summed E-state index contributed by atoms with van der Waals surface area (Å²) in [6.45, 7) is 1.20. The molecule has 2 aromatic heterocycles. The summed E-state index contributed by atoms with van der Waals surface area (Å²) in [5.74, 6) is 0.698. The number of sulfonamides is 1. The van der Waals surface area contributed by atoms with Gasteiger partial charge in [-0.25, -0.2) is 13.4 Å². The lowest BCUT2D eigenvalue weighted by Crippen LogP contribution is -2.50. The van der Waals surface area contributed by atoms with Crippen LogP contribution in [0.3, 0.4) is 0 Å². The first-order valence-corrected chi connectivity index (χ1v) is 12.4. The lowest BCUT2D eigenvalue weighted by atomic mass is 10.1. The predicted octanol–water partition coefficient (Wildman–Crippen LogP) is 3.03. The van der Waals surface area contributed by atoms with Crippen molar-refractivity contribution in [1.29, 1.82) is 0 Å². The minimum absolute atomic E-state index is 0.0919. The van der Waals surface area contributed by atoms with Gasteiger partial charge in [0.15, 0.2) is 0 Å². The number of fused-ring (bicyclic) bond motifs is 1. The SMILES string of the molecule is O=C(c1ccc(OC2CCCC2)cc1)N1CCN(S(=O)(=O)c2c[nH]c3ncccc23)CC1. The Balaban J connectivity index is 1.22. The average Bonchev–Trinajstić information content (AvgIpc) is 3.49. The highest BCUT2D eigenvalue weighted by atomic mass is 32.2. The van der Waals surface area contributed by atoms with E-state index >= 15 is 0 Å². The van der Waals surface area contributed by atoms with Crippen molar-refractivity contribution in [3.8, 4) is 5.75 Å². The van der Waals surface area contributed by atoms with Gasteiger partial charge in [-0.05, 0) is 62.1 Å². The number of aromatic amines is 1. The van der Waals surface area contributed by atoms with E-state index in [9.17, 15) is 13.2 Å². The molecule has 3 aromatic rings. The Kier molecular flexibility index (Phi) is 5.60. The summed E-state index contributed by atoms with van der Waals surface area (Å²) in [7, 11) is -3.67. The second kappa shape index (κ2) is 8.55. The third-order valence-electron chi connectivity index (χ3n) is 6.26. The smallest absolute Gasteiger partial charge is 0.253 e. The maximum absolute atomic E-state index is 13.1. The second-order valence-corrected chi connectivity index (χ2v) is 10.2. The number of ether oxygens (including phenoxy) is 1. The molecule has 1 amide bonds. The summed E-state index contributed by atoms with van der Waals surface area (Å²) in [5, 5.41) is 0.575. The molecule has 0 bridgehead atoms. The van der Waals surface area contributed by atoms with Crippen LogP contribution in [0.2, 0.25) is 0 Å². The van der Waals surface area contributed by atoms with Gasteiger partial charge in [-0.1, -0.05) is 0 Å². The van der Waals surface area contributed by atoms with Crippen molar-refractivity contribution in [3.63, 3.8) is 0 Å². The summed E-state index contributed by atoms with van der Waals surface area (Å²) in [6.07, 6.45) is 7.97. The molecule has 1 saturated heterocycles. The second-order valence-electron chi connectivity index (χ2n) is 8.30. The number of H-pyrrole nitrogens is 1. The van der Waals surface area contributed by atoms with Crippen LogP contribution in [0.1, 0.15) is 36.0 Å². The zero-order chi connectivity index (χ0) is 22.1. The summed E-state index contributed by atoms with van der Waals surface area (Å²) < 4.78 is 33.7. The van der Waals surface area contributed by atoms with E-state index in [1.165, 1.54) is 23.3 Å². The Morgan fingerprint density at radius 1 is 1.03 bits per heavy atom. The fourth-order valence-corrected chi connectivity index (χ4v) is 6.04. The average molecular weight is 455 g/mol. The van der Waals surface area contributed by atoms with Crippen molar-refractivity contribution in [1.82, 2.24) is 19.2 Å². The van der Waals surface area contributed by atoms with Crippen LogP contribution in [-0.4, -0.2) is 65.8 Å². The molecule has 3 heterocycles. The monoisotopic (exact) mass is 454 g/mol. The number of benzene rings is 1. The molecule has 0 radical (unpaired) electrons. The van der Waals surface area contributed by atoms with Gasteiger partial charge in [0.25, 0.3) is 5.91 Å². The zero-order valence-corrected chi connectivity index (χ0v) is 18.6. The Labute approximate surface area is 187 Å². The van der Waals surface area contributed by atoms with Crippen molar-refractivity contribution in [3.05, 3.63) is 54.4 Å². The topological polar surface area (TPSA) is 95.6 Å². The number of rotatable bonds is 5. The molecule has 5 rings (SSSR count). The van der Waals surface area contributed by atoms with E-state index in [2.05, 4.69) is 9.97 Å². The van der Waals surface area contributed by atoms with Crippen LogP contribution in [-0.2, 0) is 10.0 Å². The molecular weight excluding hydrogens is 428 g/mol. The molecular formula is C23H26N4O4S. The molecule has 2 aliphatic rings. The maximum Gasteiger partial charge on any atom is 0.253 e. The number of piperazine rings is 1. The minimum Gasteiger partial charge on any atom is -0.490 e. The number of aromatic nitrogens is 2. The quantitative estimate of drug-likeness (QED) is 0.639. The first kappa shape index (κ1) is 21.0. The molecule has 2 fully saturated rings. The van der Waals surface area contributed by atoms with Gasteiger partial charge in [-0.3, -0.25) is 4.79 Å². The molecule has 168 valence electrons. The van der Waals surface area contributed by atoms with Gasteiger partial charge < -0.3 is 14.6 Å². The molecule has 8 nitrogen and oxygen atoms in total. The van der Waals surface area contributed by atoms with Crippen molar-refractivity contribution in [2.24, 2.45) is 0 Å². The van der Waals surface area contributed by atoms with Crippen molar-refractivity contribution in [2.75, 3.05) is 26.2 Å². The molecule has 1 aliphatic heterocycles. The number of carbonyl (C=O) groups is 1. The number of nitrogens with zero attached hydrogens (tertiary/aromatic N) is 3. The number of carbonyl (C=O) groups excluding carboxylic acids is 1. The number of hydrogen-bond donors (Lipinski definition) is 1. The predicted molar refractivity (Wildman–Crippen MR) is 120 cm³/mol. The van der Waals surface area contributed by atoms with Crippen LogP contribution in [0.15, 0.2) is 53.7 Å². The van der Waals surface area contributed by atoms with E-state index in [0.717, 1.165) is 18.6 Å². The first-order valence-electron chi connectivity index (χ1n) is 11.0. The maximum atomic E-state index is 13.1. The van der Waals surface area contributed by atoms with Crippen LogP contribution >= 0.6 is 0 Å². The fraction of sp³-hybridized carbons (Fsp3) is 0.391. The van der Waals surface area contributed by atoms with Gasteiger partial charge >= 0.3 is 0 Å². The number of hydrogen-bond acceptors (Lipinski definition) is 5. The zero-order valence-electron chi connectivity index (χ0n) is 17.7. The van der Waals surface area contributed by atoms with Crippen LogP contribution in [0, 0.1) is 0 Å². The fourth-order valence-electron chi connectivity index (χ4n) is 4.47. The highest BCUT2D eigenvalue weighted by Crippen LogP contribution is 2.26. The van der Waals surface area contributed by atoms with E-state index in [1.807, 2.05) is 12.1 Å². The molecule has 0 unspecified atom stereocenters. The van der Waals surface area contributed by atoms with Crippen molar-refractivity contribution < 1.29 is 17.9 Å². The van der Waals surface area contributed by atoms with Crippen LogP contribution in [0.25, 0.3) is 11.0 Å². The third kappa shape index (κ3) is 3.98. The highest BCUT2D eigenvalue weighted by Gasteiger charge is 2.32. The van der Waals surface area contributed by atoms with Crippen LogP contribution in [0.5, 0.6) is 5.75 Å². The van der Waals surface area contributed by atoms with Gasteiger partial charge in [-0.15, -0.1) is 0 Å². The highest BCUT2D eigenvalue weighted by molar-refractivity contribution is 7.89. The number of pyridine rings is 1. The lowest BCUT2D eigenvalue weighted by molar-refractivity contribution is 0.0698. The third-order valence-corrected chi connectivity index (χ3v) is 8.20. The summed E-state index contributed by atoms with van der Waals surface area (Å²) >= 11 is 0. The molecule has 0 atom stereocenters. The van der Waals surface area contributed by atoms with Gasteiger partial charge in [0.1, 0.15) is 16.3 Å². The summed E-state index contributed by atoms with van der Waals surface area (Å²) in [5.41, 5.74) is 1.13. The Bertz CT molecular complexity index is 1210. The first-order chi connectivity index (χ1) is 15.5. The Morgan fingerprint density at radius 3 is 2.47 bits per heavy atom. The molecule has 9 heteroatoms. The largest absolute Gasteiger partial charge is 0.490 e. The lowest BCUT2D eigenvalue weighted by Gasteiger charge is -2.34. The van der Waals surface area contributed by atoms with Crippen molar-refractivity contribution in [2.45, 2.75) is 36.7 Å². The van der Waals surface area contributed by atoms with Gasteiger partial charge in [-0.2, -0.15) is 4.31 Å². The van der Waals surface area contributed by atoms with E-state index in [-0.39, 0.29) is 30.0 Å². The normalized spacial score (nSPS) is 18.3. The van der Waals surface area contributed by atoms with Crippen LogP contribution < -0.4 is 4.74 Å². The molecule has 1 aromatic carbocycles. The summed E-state index contributed by atoms with van der Waals surface area (Å²) in [6, 6.07) is 10.7. The van der Waals surface area contributed by atoms with E-state index in [4.69, 9.17) is 4.74 Å². The van der Waals surface area contributed by atoms with E-state index < -0.39 is 10.0 Å². The molecule has 1 N–H and O–H groups in total. The minimum atomic E-state index is -3.67. The number of nitrogens with one attached hydrogen (secondary N) is 1. The van der Waals surface area contributed by atoms with Gasteiger partial charge in [0.05, 0.1) is 6.10 Å². The molecule has 0 spiro atoms. The summed E-state index contributed by atoms with van der Waals surface area (Å²) in [4.78, 5) is 21.9. The molecule has 32 heavy (non-hydrogen) atoms. The van der Waals surface area contributed by atoms with Gasteiger partial charge in [0, 0.05) is 49.5 Å². The molecule has 1 aliphatic carbocycles. The van der Waals surface area contributed by atoms with E-state index in [1.54, 1.807) is 35.4 Å². The Morgan fingerprint density at radius 2 is 1.75 bits per heavy atom. The van der Waals surface area contributed by atoms with Crippen molar-refractivity contribution >= 4 is 27.0 Å². The number of amides is 1.